The molecule has 0 saturated carbocycles. The van der Waals surface area contributed by atoms with Gasteiger partial charge in [-0.15, -0.1) is 0 Å². The summed E-state index contributed by atoms with van der Waals surface area (Å²) in [5.74, 6) is 0.367. The topological polar surface area (TPSA) is 56.5 Å². The van der Waals surface area contributed by atoms with Crippen molar-refractivity contribution in [3.8, 4) is 11.5 Å². The number of hydrogen-bond acceptors (Lipinski definition) is 3. The normalized spacial score (nSPS) is 11.2. The largest absolute Gasteiger partial charge is 0.463 e. The van der Waals surface area contributed by atoms with Crippen LogP contribution in [0.2, 0.25) is 0 Å². The van der Waals surface area contributed by atoms with E-state index in [9.17, 15) is 4.39 Å². The van der Waals surface area contributed by atoms with Crippen LogP contribution in [0.1, 0.15) is 5.69 Å². The van der Waals surface area contributed by atoms with Crippen molar-refractivity contribution in [1.82, 2.24) is 9.38 Å². The highest BCUT2D eigenvalue weighted by molar-refractivity contribution is 5.62. The zero-order valence-corrected chi connectivity index (χ0v) is 9.64. The van der Waals surface area contributed by atoms with Gasteiger partial charge < -0.3 is 14.6 Å². The molecule has 3 heterocycles. The van der Waals surface area contributed by atoms with E-state index >= 15 is 0 Å². The average molecular weight is 245 g/mol. The van der Waals surface area contributed by atoms with Gasteiger partial charge in [0.2, 0.25) is 0 Å². The van der Waals surface area contributed by atoms with E-state index in [1.807, 2.05) is 6.07 Å². The number of halogens is 1. The number of nitrogens with zero attached hydrogens (tertiary/aromatic N) is 2. The van der Waals surface area contributed by atoms with Crippen LogP contribution in [-0.4, -0.2) is 15.9 Å². The molecule has 0 atom stereocenters. The summed E-state index contributed by atoms with van der Waals surface area (Å²) in [6, 6.07) is 6.66. The summed E-state index contributed by atoms with van der Waals surface area (Å²) in [6.45, 7) is 0.470. The predicted octanol–water partition coefficient (Wildman–Crippen LogP) is 2.23. The standard InChI is InChI=1S/C13H12FN3O/c14-9-3-4-12-16-13(11-2-1-7-18-11)10(5-6-15)17(12)8-9/h1-4,7-8H,5-6,15H2. The summed E-state index contributed by atoms with van der Waals surface area (Å²) < 4.78 is 20.4. The number of nitrogens with two attached hydrogens (primary N) is 1. The summed E-state index contributed by atoms with van der Waals surface area (Å²) in [5, 5.41) is 0. The lowest BCUT2D eigenvalue weighted by Crippen LogP contribution is -2.06. The van der Waals surface area contributed by atoms with Gasteiger partial charge in [0.15, 0.2) is 5.76 Å². The highest BCUT2D eigenvalue weighted by Gasteiger charge is 2.15. The predicted molar refractivity (Wildman–Crippen MR) is 65.6 cm³/mol. The minimum atomic E-state index is -0.302. The Labute approximate surface area is 103 Å². The van der Waals surface area contributed by atoms with E-state index in [2.05, 4.69) is 4.98 Å². The molecule has 0 fully saturated rings. The second-order valence-corrected chi connectivity index (χ2v) is 4.00. The van der Waals surface area contributed by atoms with Crippen molar-refractivity contribution in [2.75, 3.05) is 6.54 Å². The molecule has 0 aromatic carbocycles. The lowest BCUT2D eigenvalue weighted by molar-refractivity contribution is 0.579. The first-order valence-electron chi connectivity index (χ1n) is 5.70. The average Bonchev–Trinajstić information content (AvgIpc) is 2.98. The molecule has 0 spiro atoms. The van der Waals surface area contributed by atoms with Gasteiger partial charge in [0.25, 0.3) is 0 Å². The fraction of sp³-hybridized carbons (Fsp3) is 0.154. The molecule has 0 radical (unpaired) electrons. The number of hydrogen-bond donors (Lipinski definition) is 1. The van der Waals surface area contributed by atoms with Crippen molar-refractivity contribution in [1.29, 1.82) is 0 Å². The molecule has 4 nitrogen and oxygen atoms in total. The highest BCUT2D eigenvalue weighted by Crippen LogP contribution is 2.25. The Balaban J connectivity index is 2.27. The molecule has 0 aliphatic carbocycles. The number of rotatable bonds is 3. The molecule has 18 heavy (non-hydrogen) atoms. The molecule has 0 saturated heterocycles. The highest BCUT2D eigenvalue weighted by atomic mass is 19.1. The van der Waals surface area contributed by atoms with Gasteiger partial charge >= 0.3 is 0 Å². The van der Waals surface area contributed by atoms with Crippen molar-refractivity contribution in [2.24, 2.45) is 5.73 Å². The van der Waals surface area contributed by atoms with Crippen LogP contribution in [0.3, 0.4) is 0 Å². The van der Waals surface area contributed by atoms with Crippen LogP contribution < -0.4 is 5.73 Å². The van der Waals surface area contributed by atoms with Crippen molar-refractivity contribution in [3.63, 3.8) is 0 Å². The third kappa shape index (κ3) is 1.69. The summed E-state index contributed by atoms with van der Waals surface area (Å²) in [6.07, 6.45) is 3.62. The van der Waals surface area contributed by atoms with Crippen LogP contribution in [0.25, 0.3) is 17.1 Å². The molecule has 3 rings (SSSR count). The molecule has 0 amide bonds. The Hall–Kier alpha value is -2.14. The minimum Gasteiger partial charge on any atom is -0.463 e. The Morgan fingerprint density at radius 3 is 2.94 bits per heavy atom. The van der Waals surface area contributed by atoms with Crippen LogP contribution in [0.15, 0.2) is 41.1 Å². The monoisotopic (exact) mass is 245 g/mol. The Kier molecular flexibility index (Phi) is 2.60. The van der Waals surface area contributed by atoms with Crippen molar-refractivity contribution < 1.29 is 8.81 Å². The van der Waals surface area contributed by atoms with Gasteiger partial charge in [-0.2, -0.15) is 0 Å². The van der Waals surface area contributed by atoms with Gasteiger partial charge in [-0.05, 0) is 30.8 Å². The first kappa shape index (κ1) is 11.0. The number of fused-ring (bicyclic) bond motifs is 1. The maximum Gasteiger partial charge on any atom is 0.154 e. The zero-order chi connectivity index (χ0) is 12.5. The maximum atomic E-state index is 13.3. The maximum absolute atomic E-state index is 13.3. The molecule has 0 aliphatic rings. The fourth-order valence-corrected chi connectivity index (χ4v) is 2.05. The summed E-state index contributed by atoms with van der Waals surface area (Å²) in [5.41, 5.74) is 7.87. The van der Waals surface area contributed by atoms with Crippen LogP contribution in [0, 0.1) is 5.82 Å². The Bertz CT molecular complexity index is 673. The Morgan fingerprint density at radius 2 is 2.22 bits per heavy atom. The van der Waals surface area contributed by atoms with E-state index < -0.39 is 0 Å². The number of imidazole rings is 1. The minimum absolute atomic E-state index is 0.302. The van der Waals surface area contributed by atoms with E-state index in [-0.39, 0.29) is 5.82 Å². The van der Waals surface area contributed by atoms with Gasteiger partial charge in [0.05, 0.1) is 12.0 Å². The SMILES string of the molecule is NCCc1c(-c2ccco2)nc2ccc(F)cn12. The lowest BCUT2D eigenvalue weighted by atomic mass is 10.2. The second-order valence-electron chi connectivity index (χ2n) is 4.00. The van der Waals surface area contributed by atoms with Crippen LogP contribution in [-0.2, 0) is 6.42 Å². The van der Waals surface area contributed by atoms with E-state index in [0.717, 1.165) is 11.4 Å². The van der Waals surface area contributed by atoms with Gasteiger partial charge in [0.1, 0.15) is 17.2 Å². The van der Waals surface area contributed by atoms with E-state index in [1.54, 1.807) is 22.8 Å². The lowest BCUT2D eigenvalue weighted by Gasteiger charge is -2.01. The van der Waals surface area contributed by atoms with E-state index in [0.29, 0.717) is 24.4 Å². The van der Waals surface area contributed by atoms with Gasteiger partial charge in [-0.3, -0.25) is 0 Å². The molecule has 0 aliphatic heterocycles. The molecular weight excluding hydrogens is 233 g/mol. The molecule has 3 aromatic heterocycles. The molecule has 92 valence electrons. The fourth-order valence-electron chi connectivity index (χ4n) is 2.05. The molecular formula is C13H12FN3O. The van der Waals surface area contributed by atoms with Crippen molar-refractivity contribution in [2.45, 2.75) is 6.42 Å². The first-order valence-corrected chi connectivity index (χ1v) is 5.70. The Morgan fingerprint density at radius 1 is 1.33 bits per heavy atom. The van der Waals surface area contributed by atoms with E-state index in [4.69, 9.17) is 10.2 Å². The zero-order valence-electron chi connectivity index (χ0n) is 9.64. The van der Waals surface area contributed by atoms with Gasteiger partial charge in [-0.1, -0.05) is 0 Å². The van der Waals surface area contributed by atoms with E-state index in [1.165, 1.54) is 12.3 Å². The van der Waals surface area contributed by atoms with Gasteiger partial charge in [-0.25, -0.2) is 9.37 Å². The number of aromatic nitrogens is 2. The molecule has 5 heteroatoms. The van der Waals surface area contributed by atoms with Gasteiger partial charge in [0, 0.05) is 12.6 Å². The molecule has 0 bridgehead atoms. The third-order valence-corrected chi connectivity index (χ3v) is 2.82. The molecule has 3 aromatic rings. The smallest absolute Gasteiger partial charge is 0.154 e. The third-order valence-electron chi connectivity index (χ3n) is 2.82. The van der Waals surface area contributed by atoms with Crippen molar-refractivity contribution in [3.05, 3.63) is 48.2 Å². The summed E-state index contributed by atoms with van der Waals surface area (Å²) in [4.78, 5) is 4.46. The first-order chi connectivity index (χ1) is 8.79. The number of furan rings is 1. The number of pyridine rings is 1. The summed E-state index contributed by atoms with van der Waals surface area (Å²) in [7, 11) is 0. The van der Waals surface area contributed by atoms with Crippen LogP contribution in [0.4, 0.5) is 4.39 Å². The van der Waals surface area contributed by atoms with Crippen LogP contribution >= 0.6 is 0 Å². The van der Waals surface area contributed by atoms with Crippen LogP contribution in [0.5, 0.6) is 0 Å². The quantitative estimate of drug-likeness (QED) is 0.769. The molecule has 0 unspecified atom stereocenters. The second kappa shape index (κ2) is 4.27. The molecule has 2 N–H and O–H groups in total. The van der Waals surface area contributed by atoms with Crippen molar-refractivity contribution >= 4 is 5.65 Å². The summed E-state index contributed by atoms with van der Waals surface area (Å²) >= 11 is 0.